The molecule has 2 aliphatic heterocycles. The number of benzene rings is 2. The molecule has 2 aromatic carbocycles. The molecular formula is C24H26N6O2. The highest BCUT2D eigenvalue weighted by molar-refractivity contribution is 6.02. The van der Waals surface area contributed by atoms with Crippen molar-refractivity contribution in [1.82, 2.24) is 24.6 Å². The molecule has 1 saturated heterocycles. The van der Waals surface area contributed by atoms with Gasteiger partial charge < -0.3 is 9.80 Å². The average Bonchev–Trinajstić information content (AvgIpc) is 3.33. The SMILES string of the molecule is Cc1ccc(-c2nnc3n2C2C(C(=O)N(C)C(=O)N2C)N3Cc2cc(C)ccc2C)cc1. The van der Waals surface area contributed by atoms with E-state index in [1.54, 1.807) is 11.9 Å². The molecule has 1 aromatic heterocycles. The zero-order chi connectivity index (χ0) is 22.7. The molecule has 3 aromatic rings. The molecule has 0 N–H and O–H groups in total. The predicted octanol–water partition coefficient (Wildman–Crippen LogP) is 3.28. The van der Waals surface area contributed by atoms with Gasteiger partial charge in [0.15, 0.2) is 11.9 Å². The van der Waals surface area contributed by atoms with Gasteiger partial charge in [-0.25, -0.2) is 4.79 Å². The number of aromatic nitrogens is 3. The van der Waals surface area contributed by atoms with Gasteiger partial charge in [-0.3, -0.25) is 14.3 Å². The third-order valence-electron chi connectivity index (χ3n) is 6.54. The standard InChI is InChI=1S/C24H26N6O2/c1-14-7-10-17(11-8-14)20-25-26-23-29(13-18-12-15(2)6-9-16(18)3)19-21(30(20)23)27(4)24(32)28(5)22(19)31/h6-12,19,21H,13H2,1-5H3. The van der Waals surface area contributed by atoms with Crippen molar-refractivity contribution >= 4 is 17.9 Å². The molecule has 2 unspecified atom stereocenters. The number of carbonyl (C=O) groups is 2. The van der Waals surface area contributed by atoms with Gasteiger partial charge in [0.2, 0.25) is 5.95 Å². The summed E-state index contributed by atoms with van der Waals surface area (Å²) in [6.07, 6.45) is -0.516. The van der Waals surface area contributed by atoms with Gasteiger partial charge in [0, 0.05) is 26.2 Å². The summed E-state index contributed by atoms with van der Waals surface area (Å²) in [5, 5.41) is 8.97. The minimum Gasteiger partial charge on any atom is -0.321 e. The van der Waals surface area contributed by atoms with Gasteiger partial charge in [-0.1, -0.05) is 53.6 Å². The Kier molecular flexibility index (Phi) is 4.54. The summed E-state index contributed by atoms with van der Waals surface area (Å²) in [5.74, 6) is 1.01. The van der Waals surface area contributed by atoms with Gasteiger partial charge in [-0.2, -0.15) is 0 Å². The number of hydrogen-bond acceptors (Lipinski definition) is 5. The van der Waals surface area contributed by atoms with Crippen molar-refractivity contribution in [2.24, 2.45) is 0 Å². The van der Waals surface area contributed by atoms with Crippen LogP contribution >= 0.6 is 0 Å². The number of nitrogens with zero attached hydrogens (tertiary/aromatic N) is 6. The summed E-state index contributed by atoms with van der Waals surface area (Å²) in [5.41, 5.74) is 5.46. The molecule has 164 valence electrons. The Morgan fingerprint density at radius 1 is 0.906 bits per heavy atom. The third kappa shape index (κ3) is 2.90. The molecule has 0 saturated carbocycles. The van der Waals surface area contributed by atoms with Crippen LogP contribution in [0.15, 0.2) is 42.5 Å². The number of rotatable bonds is 3. The normalized spacial score (nSPS) is 20.1. The number of hydrogen-bond donors (Lipinski definition) is 0. The van der Waals surface area contributed by atoms with Crippen molar-refractivity contribution in [3.63, 3.8) is 0 Å². The monoisotopic (exact) mass is 430 g/mol. The third-order valence-corrected chi connectivity index (χ3v) is 6.54. The van der Waals surface area contributed by atoms with Gasteiger partial charge in [0.05, 0.1) is 0 Å². The second-order valence-electron chi connectivity index (χ2n) is 8.77. The van der Waals surface area contributed by atoms with E-state index in [-0.39, 0.29) is 11.9 Å². The van der Waals surface area contributed by atoms with Crippen LogP contribution in [0.5, 0.6) is 0 Å². The summed E-state index contributed by atoms with van der Waals surface area (Å²) >= 11 is 0. The first kappa shape index (κ1) is 20.2. The first-order chi connectivity index (χ1) is 15.3. The average molecular weight is 431 g/mol. The Hall–Kier alpha value is -3.68. The highest BCUT2D eigenvalue weighted by atomic mass is 16.2. The molecule has 1 fully saturated rings. The molecule has 0 bridgehead atoms. The summed E-state index contributed by atoms with van der Waals surface area (Å²) in [6.45, 7) is 6.65. The molecule has 0 radical (unpaired) electrons. The van der Waals surface area contributed by atoms with Crippen LogP contribution in [0.3, 0.4) is 0 Å². The van der Waals surface area contributed by atoms with E-state index in [4.69, 9.17) is 0 Å². The number of urea groups is 1. The summed E-state index contributed by atoms with van der Waals surface area (Å²) in [7, 11) is 3.26. The topological polar surface area (TPSA) is 74.6 Å². The fourth-order valence-electron chi connectivity index (χ4n) is 4.66. The van der Waals surface area contributed by atoms with Crippen molar-refractivity contribution in [3.05, 3.63) is 64.7 Å². The fourth-order valence-corrected chi connectivity index (χ4v) is 4.66. The number of carbonyl (C=O) groups excluding carboxylic acids is 2. The van der Waals surface area contributed by atoms with Crippen LogP contribution < -0.4 is 4.90 Å². The van der Waals surface area contributed by atoms with Gasteiger partial charge in [-0.15, -0.1) is 10.2 Å². The number of fused-ring (bicyclic) bond motifs is 3. The van der Waals surface area contributed by atoms with Crippen LogP contribution in [-0.2, 0) is 11.3 Å². The van der Waals surface area contributed by atoms with E-state index in [9.17, 15) is 9.59 Å². The quantitative estimate of drug-likeness (QED) is 0.638. The molecule has 8 nitrogen and oxygen atoms in total. The number of aryl methyl sites for hydroxylation is 3. The van der Waals surface area contributed by atoms with E-state index in [2.05, 4.69) is 42.2 Å². The van der Waals surface area contributed by atoms with E-state index in [0.717, 1.165) is 27.8 Å². The second kappa shape index (κ2) is 7.19. The lowest BCUT2D eigenvalue weighted by Gasteiger charge is -2.40. The van der Waals surface area contributed by atoms with Crippen LogP contribution in [0.1, 0.15) is 28.4 Å². The minimum absolute atomic E-state index is 0.233. The molecule has 0 aliphatic carbocycles. The van der Waals surface area contributed by atoms with Gasteiger partial charge in [0.1, 0.15) is 6.17 Å². The van der Waals surface area contributed by atoms with Gasteiger partial charge in [0.25, 0.3) is 5.91 Å². The van der Waals surface area contributed by atoms with E-state index >= 15 is 0 Å². The largest absolute Gasteiger partial charge is 0.327 e. The zero-order valence-corrected chi connectivity index (χ0v) is 18.9. The van der Waals surface area contributed by atoms with E-state index in [1.165, 1.54) is 11.9 Å². The molecule has 0 spiro atoms. The lowest BCUT2D eigenvalue weighted by Crippen LogP contribution is -2.61. The number of amides is 3. The maximum absolute atomic E-state index is 13.3. The Labute approximate surface area is 187 Å². The highest BCUT2D eigenvalue weighted by Gasteiger charge is 2.54. The van der Waals surface area contributed by atoms with Crippen LogP contribution in [0, 0.1) is 20.8 Å². The number of anilines is 1. The van der Waals surface area contributed by atoms with Crippen LogP contribution in [0.25, 0.3) is 11.4 Å². The maximum atomic E-state index is 13.3. The summed E-state index contributed by atoms with van der Waals surface area (Å²) in [6, 6.07) is 13.4. The van der Waals surface area contributed by atoms with E-state index in [0.29, 0.717) is 18.3 Å². The molecule has 32 heavy (non-hydrogen) atoms. The highest BCUT2D eigenvalue weighted by Crippen LogP contribution is 2.43. The van der Waals surface area contributed by atoms with Crippen LogP contribution in [-0.4, -0.2) is 56.6 Å². The van der Waals surface area contributed by atoms with Crippen molar-refractivity contribution in [2.45, 2.75) is 39.5 Å². The second-order valence-corrected chi connectivity index (χ2v) is 8.77. The molecule has 2 atom stereocenters. The van der Waals surface area contributed by atoms with Gasteiger partial charge in [-0.05, 0) is 31.9 Å². The molecule has 3 amide bonds. The zero-order valence-electron chi connectivity index (χ0n) is 18.9. The molecule has 5 rings (SSSR count). The first-order valence-corrected chi connectivity index (χ1v) is 10.7. The number of imide groups is 1. The Morgan fingerprint density at radius 2 is 1.59 bits per heavy atom. The molecule has 3 heterocycles. The molecular weight excluding hydrogens is 404 g/mol. The van der Waals surface area contributed by atoms with Gasteiger partial charge >= 0.3 is 6.03 Å². The van der Waals surface area contributed by atoms with Crippen LogP contribution in [0.2, 0.25) is 0 Å². The smallest absolute Gasteiger partial charge is 0.321 e. The Balaban J connectivity index is 1.67. The van der Waals surface area contributed by atoms with Crippen molar-refractivity contribution in [1.29, 1.82) is 0 Å². The van der Waals surface area contributed by atoms with Crippen molar-refractivity contribution < 1.29 is 9.59 Å². The first-order valence-electron chi connectivity index (χ1n) is 10.7. The molecule has 2 aliphatic rings. The minimum atomic E-state index is -0.572. The fraction of sp³-hybridized carbons (Fsp3) is 0.333. The van der Waals surface area contributed by atoms with Crippen LogP contribution in [0.4, 0.5) is 10.7 Å². The Bertz CT molecular complexity index is 1230. The number of likely N-dealkylation sites (N-methyl/N-ethyl adjacent to an activating group) is 2. The van der Waals surface area contributed by atoms with Crippen molar-refractivity contribution in [2.75, 3.05) is 19.0 Å². The summed E-state index contributed by atoms with van der Waals surface area (Å²) in [4.78, 5) is 31.0. The predicted molar refractivity (Wildman–Crippen MR) is 121 cm³/mol. The summed E-state index contributed by atoms with van der Waals surface area (Å²) < 4.78 is 1.93. The Morgan fingerprint density at radius 3 is 2.31 bits per heavy atom. The lowest BCUT2D eigenvalue weighted by atomic mass is 10.0. The van der Waals surface area contributed by atoms with E-state index < -0.39 is 12.2 Å². The van der Waals surface area contributed by atoms with Crippen molar-refractivity contribution in [3.8, 4) is 11.4 Å². The van der Waals surface area contributed by atoms with E-state index in [1.807, 2.05) is 40.7 Å². The molecule has 8 heteroatoms. The lowest BCUT2D eigenvalue weighted by molar-refractivity contribution is -0.133. The maximum Gasteiger partial charge on any atom is 0.327 e.